The van der Waals surface area contributed by atoms with Gasteiger partial charge in [0, 0.05) is 18.1 Å². The molecule has 1 aromatic rings. The Morgan fingerprint density at radius 3 is 2.67 bits per heavy atom. The van der Waals surface area contributed by atoms with Crippen molar-refractivity contribution in [2.45, 2.75) is 38.8 Å². The van der Waals surface area contributed by atoms with Crippen LogP contribution in [0.15, 0.2) is 12.1 Å². The summed E-state index contributed by atoms with van der Waals surface area (Å²) >= 11 is 0. The zero-order valence-electron chi connectivity index (χ0n) is 13.6. The van der Waals surface area contributed by atoms with Crippen LogP contribution in [0.25, 0.3) is 0 Å². The van der Waals surface area contributed by atoms with E-state index in [1.165, 1.54) is 0 Å². The second kappa shape index (κ2) is 6.12. The first-order valence-corrected chi connectivity index (χ1v) is 7.35. The highest BCUT2D eigenvalue weighted by Gasteiger charge is 2.30. The fourth-order valence-corrected chi connectivity index (χ4v) is 2.53. The molecule has 1 atom stereocenters. The van der Waals surface area contributed by atoms with E-state index in [1.807, 2.05) is 12.1 Å². The number of hydrogen-bond donors (Lipinski definition) is 1. The molecule has 2 rings (SSSR count). The van der Waals surface area contributed by atoms with Gasteiger partial charge >= 0.3 is 0 Å². The van der Waals surface area contributed by atoms with Crippen molar-refractivity contribution in [1.29, 1.82) is 0 Å². The molecule has 1 aliphatic rings. The molecule has 0 spiro atoms. The van der Waals surface area contributed by atoms with Gasteiger partial charge in [-0.15, -0.1) is 0 Å². The van der Waals surface area contributed by atoms with Crippen molar-refractivity contribution in [1.82, 2.24) is 4.90 Å². The summed E-state index contributed by atoms with van der Waals surface area (Å²) in [6, 6.07) is 4.10. The molecule has 118 valence electrons. The molecule has 1 heterocycles. The molecular weight excluding hydrogens is 268 g/mol. The number of methoxy groups -OCH3 is 1. The predicted octanol–water partition coefficient (Wildman–Crippen LogP) is 2.54. The van der Waals surface area contributed by atoms with Gasteiger partial charge in [0.05, 0.1) is 7.11 Å². The average Bonchev–Trinajstić information content (AvgIpc) is 2.95. The van der Waals surface area contributed by atoms with E-state index in [2.05, 4.69) is 32.7 Å². The van der Waals surface area contributed by atoms with Gasteiger partial charge in [-0.05, 0) is 45.0 Å². The van der Waals surface area contributed by atoms with Crippen LogP contribution in [0, 0.1) is 0 Å². The molecule has 2 N–H and O–H groups in total. The Bertz CT molecular complexity index is 503. The first kappa shape index (κ1) is 15.9. The Balaban J connectivity index is 2.39. The third-order valence-electron chi connectivity index (χ3n) is 4.58. The molecule has 0 amide bonds. The average molecular weight is 294 g/mol. The summed E-state index contributed by atoms with van der Waals surface area (Å²) in [5.41, 5.74) is 7.19. The van der Waals surface area contributed by atoms with E-state index in [4.69, 9.17) is 19.9 Å². The molecule has 0 aromatic heterocycles. The van der Waals surface area contributed by atoms with Gasteiger partial charge in [0.1, 0.15) is 0 Å². The highest BCUT2D eigenvalue weighted by molar-refractivity contribution is 5.55. The van der Waals surface area contributed by atoms with E-state index in [-0.39, 0.29) is 18.4 Å². The number of likely N-dealkylation sites (N-methyl/N-ethyl adjacent to an activating group) is 1. The van der Waals surface area contributed by atoms with Gasteiger partial charge in [-0.2, -0.15) is 0 Å². The quantitative estimate of drug-likeness (QED) is 0.874. The molecule has 1 unspecified atom stereocenters. The van der Waals surface area contributed by atoms with E-state index in [0.717, 1.165) is 17.7 Å². The number of rotatable bonds is 6. The minimum absolute atomic E-state index is 0.0631. The van der Waals surface area contributed by atoms with Crippen molar-refractivity contribution < 1.29 is 14.2 Å². The van der Waals surface area contributed by atoms with Crippen molar-refractivity contribution in [3.8, 4) is 17.2 Å². The molecule has 1 aromatic carbocycles. The van der Waals surface area contributed by atoms with Crippen molar-refractivity contribution in [2.24, 2.45) is 5.73 Å². The third kappa shape index (κ3) is 2.94. The Morgan fingerprint density at radius 2 is 2.10 bits per heavy atom. The maximum absolute atomic E-state index is 6.04. The van der Waals surface area contributed by atoms with Gasteiger partial charge in [0.15, 0.2) is 11.5 Å². The van der Waals surface area contributed by atoms with Gasteiger partial charge in [0.25, 0.3) is 0 Å². The van der Waals surface area contributed by atoms with E-state index in [9.17, 15) is 0 Å². The lowest BCUT2D eigenvalue weighted by Crippen LogP contribution is -2.45. The molecule has 0 fully saturated rings. The molecule has 0 saturated heterocycles. The van der Waals surface area contributed by atoms with Gasteiger partial charge in [-0.1, -0.05) is 6.92 Å². The Morgan fingerprint density at radius 1 is 1.38 bits per heavy atom. The lowest BCUT2D eigenvalue weighted by atomic mass is 9.94. The van der Waals surface area contributed by atoms with Crippen molar-refractivity contribution >= 4 is 0 Å². The number of fused-ring (bicyclic) bond motifs is 1. The number of hydrogen-bond acceptors (Lipinski definition) is 5. The predicted molar refractivity (Wildman–Crippen MR) is 83.0 cm³/mol. The normalized spacial score (nSPS) is 15.4. The maximum Gasteiger partial charge on any atom is 0.231 e. The number of benzene rings is 1. The zero-order valence-corrected chi connectivity index (χ0v) is 13.6. The summed E-state index contributed by atoms with van der Waals surface area (Å²) in [4.78, 5) is 2.31. The summed E-state index contributed by atoms with van der Waals surface area (Å²) in [7, 11) is 3.75. The monoisotopic (exact) mass is 294 g/mol. The lowest BCUT2D eigenvalue weighted by Gasteiger charge is -2.40. The molecule has 1 aliphatic heterocycles. The molecule has 0 radical (unpaired) electrons. The highest BCUT2D eigenvalue weighted by atomic mass is 16.7. The van der Waals surface area contributed by atoms with Crippen LogP contribution in [0.2, 0.25) is 0 Å². The van der Waals surface area contributed by atoms with Crippen LogP contribution in [0.3, 0.4) is 0 Å². The summed E-state index contributed by atoms with van der Waals surface area (Å²) in [5.74, 6) is 2.10. The second-order valence-corrected chi connectivity index (χ2v) is 5.99. The van der Waals surface area contributed by atoms with Gasteiger partial charge in [-0.25, -0.2) is 0 Å². The van der Waals surface area contributed by atoms with Crippen molar-refractivity contribution in [3.63, 3.8) is 0 Å². The van der Waals surface area contributed by atoms with Crippen LogP contribution in [-0.2, 0) is 0 Å². The summed E-state index contributed by atoms with van der Waals surface area (Å²) < 4.78 is 16.4. The number of ether oxygens (including phenoxy) is 3. The zero-order chi connectivity index (χ0) is 15.6. The molecule has 0 saturated carbocycles. The molecule has 21 heavy (non-hydrogen) atoms. The third-order valence-corrected chi connectivity index (χ3v) is 4.58. The smallest absolute Gasteiger partial charge is 0.231 e. The van der Waals surface area contributed by atoms with Gasteiger partial charge in [-0.3, -0.25) is 4.90 Å². The minimum Gasteiger partial charge on any atom is -0.493 e. The summed E-state index contributed by atoms with van der Waals surface area (Å²) in [6.45, 7) is 7.39. The summed E-state index contributed by atoms with van der Waals surface area (Å²) in [5, 5.41) is 0. The minimum atomic E-state index is 0.0631. The first-order valence-electron chi connectivity index (χ1n) is 7.35. The van der Waals surface area contributed by atoms with Crippen molar-refractivity contribution in [3.05, 3.63) is 17.7 Å². The highest BCUT2D eigenvalue weighted by Crippen LogP contribution is 2.44. The van der Waals surface area contributed by atoms with Crippen LogP contribution in [0.1, 0.15) is 38.8 Å². The Labute approximate surface area is 127 Å². The van der Waals surface area contributed by atoms with Crippen molar-refractivity contribution in [2.75, 3.05) is 27.5 Å². The van der Waals surface area contributed by atoms with Crippen LogP contribution in [0.5, 0.6) is 17.2 Å². The Hall–Kier alpha value is -1.46. The molecule has 5 nitrogen and oxygen atoms in total. The lowest BCUT2D eigenvalue weighted by molar-refractivity contribution is 0.100. The topological polar surface area (TPSA) is 57.0 Å². The Kier molecular flexibility index (Phi) is 4.64. The van der Waals surface area contributed by atoms with E-state index >= 15 is 0 Å². The molecule has 0 aliphatic carbocycles. The molecule has 5 heteroatoms. The standard InChI is InChI=1S/C16H26N2O3/c1-6-16(2,3)18(4)12(9-17)11-7-13(19-5)15-14(8-11)20-10-21-15/h7-8,12H,6,9-10,17H2,1-5H3. The molecule has 0 bridgehead atoms. The molecular formula is C16H26N2O3. The maximum atomic E-state index is 6.04. The van der Waals surface area contributed by atoms with Gasteiger partial charge < -0.3 is 19.9 Å². The largest absolute Gasteiger partial charge is 0.493 e. The second-order valence-electron chi connectivity index (χ2n) is 5.99. The van der Waals surface area contributed by atoms with Crippen LogP contribution >= 0.6 is 0 Å². The SMILES string of the molecule is CCC(C)(C)N(C)C(CN)c1cc(OC)c2c(c1)OCO2. The van der Waals surface area contributed by atoms with Crippen LogP contribution < -0.4 is 19.9 Å². The van der Waals surface area contributed by atoms with E-state index in [0.29, 0.717) is 18.0 Å². The van der Waals surface area contributed by atoms with E-state index in [1.54, 1.807) is 7.11 Å². The summed E-state index contributed by atoms with van der Waals surface area (Å²) in [6.07, 6.45) is 1.04. The fraction of sp³-hybridized carbons (Fsp3) is 0.625. The van der Waals surface area contributed by atoms with E-state index < -0.39 is 0 Å². The number of nitrogens with two attached hydrogens (primary N) is 1. The van der Waals surface area contributed by atoms with Crippen LogP contribution in [-0.4, -0.2) is 37.9 Å². The first-order chi connectivity index (χ1) is 9.94. The fourth-order valence-electron chi connectivity index (χ4n) is 2.53. The van der Waals surface area contributed by atoms with Crippen LogP contribution in [0.4, 0.5) is 0 Å². The number of nitrogens with zero attached hydrogens (tertiary/aromatic N) is 1. The van der Waals surface area contributed by atoms with Gasteiger partial charge in [0.2, 0.25) is 12.5 Å².